The van der Waals surface area contributed by atoms with Crippen molar-refractivity contribution in [1.29, 1.82) is 0 Å². The van der Waals surface area contributed by atoms with Crippen molar-refractivity contribution in [1.82, 2.24) is 0 Å². The van der Waals surface area contributed by atoms with Crippen LogP contribution in [0, 0.1) is 0 Å². The van der Waals surface area contributed by atoms with E-state index in [9.17, 15) is 0 Å². The van der Waals surface area contributed by atoms with Crippen molar-refractivity contribution in [2.45, 2.75) is 71.1 Å². The van der Waals surface area contributed by atoms with Gasteiger partial charge in [0.1, 0.15) is 0 Å². The highest BCUT2D eigenvalue weighted by Gasteiger charge is 2.10. The Morgan fingerprint density at radius 3 is 1.93 bits per heavy atom. The highest BCUT2D eigenvalue weighted by Crippen LogP contribution is 2.13. The molecule has 0 aromatic carbocycles. The molecule has 0 rings (SSSR count). The van der Waals surface area contributed by atoms with Gasteiger partial charge < -0.3 is 0 Å². The molecular formula is C13H28Si. The largest absolute Gasteiger partial charge is 0.0886 e. The lowest BCUT2D eigenvalue weighted by atomic mass is 10.2. The summed E-state index contributed by atoms with van der Waals surface area (Å²) in [5.41, 5.74) is 0. The zero-order valence-electron chi connectivity index (χ0n) is 10.6. The highest BCUT2D eigenvalue weighted by atomic mass is 28.3. The van der Waals surface area contributed by atoms with Gasteiger partial charge in [-0.25, -0.2) is 0 Å². The summed E-state index contributed by atoms with van der Waals surface area (Å²) >= 11 is 0. The Morgan fingerprint density at radius 1 is 0.857 bits per heavy atom. The smallest absolute Gasteiger partial charge is 0.0442 e. The lowest BCUT2D eigenvalue weighted by Crippen LogP contribution is -2.18. The van der Waals surface area contributed by atoms with E-state index in [1.54, 1.807) is 0 Å². The molecule has 84 valence electrons. The quantitative estimate of drug-likeness (QED) is 0.293. The second-order valence-corrected chi connectivity index (χ2v) is 11.0. The zero-order valence-corrected chi connectivity index (χ0v) is 11.6. The molecule has 0 aliphatic carbocycles. The molecule has 0 unspecified atom stereocenters. The Labute approximate surface area is 91.8 Å². The van der Waals surface area contributed by atoms with Gasteiger partial charge in [0.15, 0.2) is 0 Å². The minimum Gasteiger partial charge on any atom is -0.0886 e. The van der Waals surface area contributed by atoms with Crippen molar-refractivity contribution in [3.8, 4) is 0 Å². The molecule has 0 aromatic rings. The predicted octanol–water partition coefficient (Wildman–Crippen LogP) is 5.24. The molecule has 0 aromatic heterocycles. The van der Waals surface area contributed by atoms with Gasteiger partial charge in [-0.2, -0.15) is 0 Å². The van der Waals surface area contributed by atoms with Gasteiger partial charge in [-0.15, -0.1) is 0 Å². The van der Waals surface area contributed by atoms with Gasteiger partial charge in [0.25, 0.3) is 0 Å². The van der Waals surface area contributed by atoms with Crippen LogP contribution in [0.1, 0.15) is 45.4 Å². The van der Waals surface area contributed by atoms with Crippen LogP contribution in [0.15, 0.2) is 12.2 Å². The number of unbranched alkanes of at least 4 members (excludes halogenated alkanes) is 4. The summed E-state index contributed by atoms with van der Waals surface area (Å²) in [5.74, 6) is 0. The van der Waals surface area contributed by atoms with E-state index in [-0.39, 0.29) is 0 Å². The molecule has 0 heterocycles. The lowest BCUT2D eigenvalue weighted by Gasteiger charge is -2.13. The molecule has 0 atom stereocenters. The van der Waals surface area contributed by atoms with Gasteiger partial charge in [-0.05, 0) is 19.3 Å². The first kappa shape index (κ1) is 14.0. The van der Waals surface area contributed by atoms with Crippen molar-refractivity contribution in [3.63, 3.8) is 0 Å². The van der Waals surface area contributed by atoms with Crippen LogP contribution in [0.4, 0.5) is 0 Å². The van der Waals surface area contributed by atoms with E-state index in [4.69, 9.17) is 0 Å². The first-order chi connectivity index (χ1) is 6.56. The van der Waals surface area contributed by atoms with E-state index in [0.29, 0.717) is 0 Å². The van der Waals surface area contributed by atoms with E-state index < -0.39 is 8.07 Å². The highest BCUT2D eigenvalue weighted by molar-refractivity contribution is 6.76. The van der Waals surface area contributed by atoms with E-state index >= 15 is 0 Å². The van der Waals surface area contributed by atoms with Gasteiger partial charge >= 0.3 is 0 Å². The molecule has 0 spiro atoms. The maximum absolute atomic E-state index is 2.46. The summed E-state index contributed by atoms with van der Waals surface area (Å²) in [7, 11) is -0.772. The molecule has 0 bridgehead atoms. The summed E-state index contributed by atoms with van der Waals surface area (Å²) in [6.07, 6.45) is 12.9. The minimum absolute atomic E-state index is 0.772. The third-order valence-electron chi connectivity index (χ3n) is 2.44. The van der Waals surface area contributed by atoms with E-state index in [1.807, 2.05) is 0 Å². The first-order valence-electron chi connectivity index (χ1n) is 6.21. The van der Waals surface area contributed by atoms with Crippen LogP contribution < -0.4 is 0 Å². The van der Waals surface area contributed by atoms with Gasteiger partial charge in [0.05, 0.1) is 0 Å². The maximum atomic E-state index is 2.46. The summed E-state index contributed by atoms with van der Waals surface area (Å²) in [6, 6.07) is 1.48. The van der Waals surface area contributed by atoms with E-state index in [2.05, 4.69) is 38.7 Å². The van der Waals surface area contributed by atoms with Crippen LogP contribution in [0.2, 0.25) is 25.7 Å². The molecule has 0 fully saturated rings. The van der Waals surface area contributed by atoms with Gasteiger partial charge in [0.2, 0.25) is 0 Å². The van der Waals surface area contributed by atoms with Crippen molar-refractivity contribution in [2.24, 2.45) is 0 Å². The standard InChI is InChI=1S/C13H28Si/c1-5-6-7-8-9-10-11-12-13-14(2,3)4/h9-10H,5-8,11-13H2,1-4H3/b10-9-. The first-order valence-corrected chi connectivity index (χ1v) is 9.92. The van der Waals surface area contributed by atoms with Crippen LogP contribution >= 0.6 is 0 Å². The number of allylic oxidation sites excluding steroid dienone is 2. The molecule has 1 heteroatoms. The van der Waals surface area contributed by atoms with Crippen molar-refractivity contribution in [3.05, 3.63) is 12.2 Å². The van der Waals surface area contributed by atoms with Crippen molar-refractivity contribution >= 4 is 8.07 Å². The SMILES string of the molecule is CCCCC/C=C\CCC[Si](C)(C)C. The molecule has 0 radical (unpaired) electrons. The van der Waals surface area contributed by atoms with Crippen LogP contribution in [-0.2, 0) is 0 Å². The molecule has 0 N–H and O–H groups in total. The number of hydrogen-bond acceptors (Lipinski definition) is 0. The third kappa shape index (κ3) is 12.0. The Kier molecular flexibility index (Phi) is 8.25. The normalized spacial score (nSPS) is 12.6. The second-order valence-electron chi connectivity index (χ2n) is 5.42. The maximum Gasteiger partial charge on any atom is 0.0442 e. The Morgan fingerprint density at radius 2 is 1.43 bits per heavy atom. The van der Waals surface area contributed by atoms with Crippen LogP contribution in [0.25, 0.3) is 0 Å². The number of rotatable bonds is 8. The molecule has 0 nitrogen and oxygen atoms in total. The average molecular weight is 212 g/mol. The topological polar surface area (TPSA) is 0 Å². The van der Waals surface area contributed by atoms with Gasteiger partial charge in [-0.1, -0.05) is 64.0 Å². The minimum atomic E-state index is -0.772. The Hall–Kier alpha value is -0.0431. The molecule has 0 saturated heterocycles. The fraction of sp³-hybridized carbons (Fsp3) is 0.846. The molecule has 0 aliphatic heterocycles. The fourth-order valence-electron chi connectivity index (χ4n) is 1.50. The van der Waals surface area contributed by atoms with Crippen molar-refractivity contribution in [2.75, 3.05) is 0 Å². The molecular weight excluding hydrogens is 184 g/mol. The molecule has 0 aliphatic rings. The third-order valence-corrected chi connectivity index (χ3v) is 4.29. The number of hydrogen-bond donors (Lipinski definition) is 0. The summed E-state index contributed by atoms with van der Waals surface area (Å²) < 4.78 is 0. The van der Waals surface area contributed by atoms with E-state index in [0.717, 1.165) is 0 Å². The molecule has 14 heavy (non-hydrogen) atoms. The average Bonchev–Trinajstić information content (AvgIpc) is 2.08. The van der Waals surface area contributed by atoms with Gasteiger partial charge in [0, 0.05) is 8.07 Å². The Balaban J connectivity index is 3.19. The molecule has 0 amide bonds. The second kappa shape index (κ2) is 8.28. The Bertz CT molecular complexity index is 142. The van der Waals surface area contributed by atoms with Gasteiger partial charge in [-0.3, -0.25) is 0 Å². The monoisotopic (exact) mass is 212 g/mol. The van der Waals surface area contributed by atoms with Crippen LogP contribution in [0.5, 0.6) is 0 Å². The summed E-state index contributed by atoms with van der Waals surface area (Å²) in [6.45, 7) is 9.63. The summed E-state index contributed by atoms with van der Waals surface area (Å²) in [5, 5.41) is 0. The van der Waals surface area contributed by atoms with Crippen LogP contribution in [0.3, 0.4) is 0 Å². The zero-order chi connectivity index (χ0) is 10.9. The fourth-order valence-corrected chi connectivity index (χ4v) is 2.76. The lowest BCUT2D eigenvalue weighted by molar-refractivity contribution is 0.727. The predicted molar refractivity (Wildman–Crippen MR) is 70.7 cm³/mol. The molecule has 0 saturated carbocycles. The van der Waals surface area contributed by atoms with Crippen LogP contribution in [-0.4, -0.2) is 8.07 Å². The van der Waals surface area contributed by atoms with Crippen molar-refractivity contribution < 1.29 is 0 Å². The van der Waals surface area contributed by atoms with E-state index in [1.165, 1.54) is 44.6 Å². The summed E-state index contributed by atoms with van der Waals surface area (Å²) in [4.78, 5) is 0.